The normalized spacial score (nSPS) is 14.3. The molecule has 32 heavy (non-hydrogen) atoms. The van der Waals surface area contributed by atoms with Gasteiger partial charge in [0.05, 0.1) is 23.6 Å². The van der Waals surface area contributed by atoms with Gasteiger partial charge in [-0.1, -0.05) is 17.7 Å². The summed E-state index contributed by atoms with van der Waals surface area (Å²) >= 11 is 6.18. The van der Waals surface area contributed by atoms with E-state index in [0.717, 1.165) is 66.1 Å². The van der Waals surface area contributed by atoms with E-state index in [1.807, 2.05) is 43.3 Å². The van der Waals surface area contributed by atoms with E-state index >= 15 is 0 Å². The third-order valence-corrected chi connectivity index (χ3v) is 5.92. The highest BCUT2D eigenvalue weighted by atomic mass is 35.5. The molecule has 0 saturated carbocycles. The van der Waals surface area contributed by atoms with Crippen LogP contribution in [-0.4, -0.2) is 43.7 Å². The summed E-state index contributed by atoms with van der Waals surface area (Å²) in [5.74, 6) is 1.50. The van der Waals surface area contributed by atoms with Crippen LogP contribution in [0.2, 0.25) is 5.02 Å². The van der Waals surface area contributed by atoms with E-state index in [0.29, 0.717) is 10.8 Å². The van der Waals surface area contributed by atoms with Gasteiger partial charge in [0.1, 0.15) is 11.6 Å². The molecular formula is C25H29ClN4O2. The Morgan fingerprint density at radius 2 is 2.03 bits per heavy atom. The Bertz CT molecular complexity index is 1110. The molecule has 0 aliphatic carbocycles. The fourth-order valence-corrected chi connectivity index (χ4v) is 4.18. The van der Waals surface area contributed by atoms with Gasteiger partial charge in [-0.15, -0.1) is 0 Å². The summed E-state index contributed by atoms with van der Waals surface area (Å²) in [4.78, 5) is 19.6. The van der Waals surface area contributed by atoms with Gasteiger partial charge in [0, 0.05) is 30.7 Å². The topological polar surface area (TPSA) is 66.5 Å². The van der Waals surface area contributed by atoms with Gasteiger partial charge >= 0.3 is 0 Å². The first-order valence-electron chi connectivity index (χ1n) is 11.1. The number of anilines is 2. The summed E-state index contributed by atoms with van der Waals surface area (Å²) in [6, 6.07) is 13.6. The molecule has 1 saturated heterocycles. The average Bonchev–Trinajstić information content (AvgIpc) is 3.05. The van der Waals surface area contributed by atoms with E-state index < -0.39 is 0 Å². The van der Waals surface area contributed by atoms with Gasteiger partial charge in [-0.3, -0.25) is 4.79 Å². The molecule has 2 N–H and O–H groups in total. The fraction of sp³-hybridized carbons (Fsp3) is 0.360. The minimum Gasteiger partial charge on any atom is -0.491 e. The van der Waals surface area contributed by atoms with E-state index in [1.165, 1.54) is 0 Å². The highest BCUT2D eigenvalue weighted by Gasteiger charge is 2.13. The van der Waals surface area contributed by atoms with Crippen molar-refractivity contribution in [1.82, 2.24) is 10.3 Å². The number of benzene rings is 2. The van der Waals surface area contributed by atoms with Crippen molar-refractivity contribution in [2.75, 3.05) is 43.0 Å². The second-order valence-corrected chi connectivity index (χ2v) is 8.61. The zero-order chi connectivity index (χ0) is 22.5. The van der Waals surface area contributed by atoms with E-state index in [-0.39, 0.29) is 18.9 Å². The molecule has 7 heteroatoms. The Hall–Kier alpha value is -2.83. The molecule has 0 atom stereocenters. The number of aromatic nitrogens is 1. The third-order valence-electron chi connectivity index (χ3n) is 5.62. The number of nitrogens with zero attached hydrogens (tertiary/aromatic N) is 2. The average molecular weight is 453 g/mol. The number of ether oxygens (including phenoxy) is 1. The van der Waals surface area contributed by atoms with Crippen LogP contribution < -0.4 is 20.3 Å². The Morgan fingerprint density at radius 3 is 2.88 bits per heavy atom. The number of pyridine rings is 1. The molecule has 0 radical (unpaired) electrons. The SMILES string of the molecule is Cc1ccc(OCCC(=O)Nc2ccc3nc(N4CCCNCC4)cc(C)c3c2)c(Cl)c1. The number of aryl methyl sites for hydroxylation is 2. The van der Waals surface area contributed by atoms with Crippen molar-refractivity contribution in [2.24, 2.45) is 0 Å². The predicted octanol–water partition coefficient (Wildman–Crippen LogP) is 4.71. The predicted molar refractivity (Wildman–Crippen MR) is 131 cm³/mol. The number of halogens is 1. The number of rotatable bonds is 6. The Morgan fingerprint density at radius 1 is 1.16 bits per heavy atom. The highest BCUT2D eigenvalue weighted by molar-refractivity contribution is 6.32. The molecule has 1 aliphatic rings. The van der Waals surface area contributed by atoms with Crippen molar-refractivity contribution in [1.29, 1.82) is 0 Å². The van der Waals surface area contributed by atoms with Gasteiger partial charge in [-0.25, -0.2) is 4.98 Å². The molecule has 0 spiro atoms. The van der Waals surface area contributed by atoms with Crippen LogP contribution in [0.4, 0.5) is 11.5 Å². The molecule has 1 aromatic heterocycles. The minimum atomic E-state index is -0.105. The number of hydrogen-bond donors (Lipinski definition) is 2. The van der Waals surface area contributed by atoms with Crippen LogP contribution in [0.15, 0.2) is 42.5 Å². The Balaban J connectivity index is 1.39. The van der Waals surface area contributed by atoms with Crippen LogP contribution in [0.5, 0.6) is 5.75 Å². The van der Waals surface area contributed by atoms with E-state index in [9.17, 15) is 4.79 Å². The maximum atomic E-state index is 12.4. The lowest BCUT2D eigenvalue weighted by Gasteiger charge is -2.22. The number of amides is 1. The fourth-order valence-electron chi connectivity index (χ4n) is 3.89. The largest absolute Gasteiger partial charge is 0.491 e. The van der Waals surface area contributed by atoms with Crippen LogP contribution in [-0.2, 0) is 4.79 Å². The lowest BCUT2D eigenvalue weighted by atomic mass is 10.1. The van der Waals surface area contributed by atoms with Gasteiger partial charge < -0.3 is 20.3 Å². The number of hydrogen-bond acceptors (Lipinski definition) is 5. The first kappa shape index (κ1) is 22.4. The third kappa shape index (κ3) is 5.50. The molecule has 2 aromatic carbocycles. The molecule has 168 valence electrons. The molecule has 0 bridgehead atoms. The molecule has 0 unspecified atom stereocenters. The zero-order valence-corrected chi connectivity index (χ0v) is 19.3. The first-order valence-corrected chi connectivity index (χ1v) is 11.4. The lowest BCUT2D eigenvalue weighted by Crippen LogP contribution is -2.28. The molecule has 1 fully saturated rings. The second kappa shape index (κ2) is 10.2. The molecule has 2 heterocycles. The molecule has 1 amide bonds. The summed E-state index contributed by atoms with van der Waals surface area (Å²) in [5.41, 5.74) is 3.91. The second-order valence-electron chi connectivity index (χ2n) is 8.20. The molecule has 4 rings (SSSR count). The Labute approximate surface area is 193 Å². The Kier molecular flexibility index (Phi) is 7.12. The molecule has 6 nitrogen and oxygen atoms in total. The maximum Gasteiger partial charge on any atom is 0.227 e. The zero-order valence-electron chi connectivity index (χ0n) is 18.6. The highest BCUT2D eigenvalue weighted by Crippen LogP contribution is 2.27. The van der Waals surface area contributed by atoms with E-state index in [1.54, 1.807) is 0 Å². The minimum absolute atomic E-state index is 0.105. The monoisotopic (exact) mass is 452 g/mol. The first-order chi connectivity index (χ1) is 15.5. The molecule has 1 aliphatic heterocycles. The lowest BCUT2D eigenvalue weighted by molar-refractivity contribution is -0.116. The van der Waals surface area contributed by atoms with Crippen LogP contribution >= 0.6 is 11.6 Å². The summed E-state index contributed by atoms with van der Waals surface area (Å²) in [6.45, 7) is 8.32. The van der Waals surface area contributed by atoms with Crippen LogP contribution in [0.1, 0.15) is 24.0 Å². The van der Waals surface area contributed by atoms with Crippen LogP contribution in [0.25, 0.3) is 10.9 Å². The summed E-state index contributed by atoms with van der Waals surface area (Å²) in [6.07, 6.45) is 1.35. The van der Waals surface area contributed by atoms with Gasteiger partial charge in [0.2, 0.25) is 5.91 Å². The van der Waals surface area contributed by atoms with Crippen molar-refractivity contribution in [3.8, 4) is 5.75 Å². The van der Waals surface area contributed by atoms with Gasteiger partial charge in [0.15, 0.2) is 0 Å². The number of carbonyl (C=O) groups is 1. The number of nitrogens with one attached hydrogen (secondary N) is 2. The summed E-state index contributed by atoms with van der Waals surface area (Å²) < 4.78 is 5.66. The summed E-state index contributed by atoms with van der Waals surface area (Å²) in [7, 11) is 0. The van der Waals surface area contributed by atoms with Crippen molar-refractivity contribution in [2.45, 2.75) is 26.7 Å². The smallest absolute Gasteiger partial charge is 0.227 e. The molecule has 3 aromatic rings. The standard InChI is InChI=1S/C25H29ClN4O2/c1-17-4-7-23(21(26)14-17)32-13-8-25(31)28-19-5-6-22-20(16-19)18(2)15-24(29-22)30-11-3-9-27-10-12-30/h4-7,14-16,27H,3,8-13H2,1-2H3,(H,28,31). The number of carbonyl (C=O) groups excluding carboxylic acids is 1. The van der Waals surface area contributed by atoms with Gasteiger partial charge in [0.25, 0.3) is 0 Å². The van der Waals surface area contributed by atoms with Gasteiger partial charge in [-0.05, 0) is 74.3 Å². The summed E-state index contributed by atoms with van der Waals surface area (Å²) in [5, 5.41) is 7.99. The van der Waals surface area contributed by atoms with Gasteiger partial charge in [-0.2, -0.15) is 0 Å². The van der Waals surface area contributed by atoms with Crippen molar-refractivity contribution in [3.05, 3.63) is 58.6 Å². The van der Waals surface area contributed by atoms with Crippen molar-refractivity contribution >= 4 is 39.9 Å². The quantitative estimate of drug-likeness (QED) is 0.566. The molecular weight excluding hydrogens is 424 g/mol. The van der Waals surface area contributed by atoms with Crippen molar-refractivity contribution in [3.63, 3.8) is 0 Å². The van der Waals surface area contributed by atoms with E-state index in [2.05, 4.69) is 28.5 Å². The van der Waals surface area contributed by atoms with Crippen LogP contribution in [0.3, 0.4) is 0 Å². The number of fused-ring (bicyclic) bond motifs is 1. The van der Waals surface area contributed by atoms with Crippen molar-refractivity contribution < 1.29 is 9.53 Å². The van der Waals surface area contributed by atoms with Crippen LogP contribution in [0, 0.1) is 13.8 Å². The maximum absolute atomic E-state index is 12.4. The van der Waals surface area contributed by atoms with E-state index in [4.69, 9.17) is 21.3 Å².